The van der Waals surface area contributed by atoms with Crippen molar-refractivity contribution in [3.8, 4) is 6.07 Å². The highest BCUT2D eigenvalue weighted by molar-refractivity contribution is 7.99. The molecule has 2 rings (SSSR count). The predicted molar refractivity (Wildman–Crippen MR) is 64.0 cm³/mol. The van der Waals surface area contributed by atoms with Crippen LogP contribution in [0.15, 0.2) is 5.16 Å². The topological polar surface area (TPSA) is 93.4 Å². The van der Waals surface area contributed by atoms with Gasteiger partial charge in [0, 0.05) is 12.8 Å². The van der Waals surface area contributed by atoms with Gasteiger partial charge in [-0.05, 0) is 35.6 Å². The molecule has 2 unspecified atom stereocenters. The van der Waals surface area contributed by atoms with Crippen LogP contribution >= 0.6 is 11.8 Å². The molecule has 1 saturated carbocycles. The second-order valence-corrected chi connectivity index (χ2v) is 5.53. The van der Waals surface area contributed by atoms with Crippen molar-refractivity contribution >= 4 is 11.8 Å². The lowest BCUT2D eigenvalue weighted by atomic mass is 9.88. The molecule has 1 fully saturated rings. The van der Waals surface area contributed by atoms with Crippen LogP contribution < -0.4 is 5.73 Å². The van der Waals surface area contributed by atoms with Crippen molar-refractivity contribution < 1.29 is 0 Å². The van der Waals surface area contributed by atoms with Crippen LogP contribution in [0.2, 0.25) is 0 Å². The SMILES string of the molecule is Cn1nnnc1SCCC1CCCC1(N)C#N. The summed E-state index contributed by atoms with van der Waals surface area (Å²) in [6.07, 6.45) is 3.89. The molecule has 0 aromatic carbocycles. The second-order valence-electron chi connectivity index (χ2n) is 4.46. The lowest BCUT2D eigenvalue weighted by Gasteiger charge is -2.23. The summed E-state index contributed by atoms with van der Waals surface area (Å²) in [4.78, 5) is 0. The van der Waals surface area contributed by atoms with E-state index in [9.17, 15) is 0 Å². The molecule has 0 amide bonds. The number of hydrogen-bond acceptors (Lipinski definition) is 6. The zero-order chi connectivity index (χ0) is 12.3. The first-order chi connectivity index (χ1) is 8.15. The monoisotopic (exact) mass is 252 g/mol. The Hall–Kier alpha value is -1.13. The molecule has 0 saturated heterocycles. The highest BCUT2D eigenvalue weighted by Gasteiger charge is 2.39. The van der Waals surface area contributed by atoms with Crippen LogP contribution in [0.5, 0.6) is 0 Å². The fraction of sp³-hybridized carbons (Fsp3) is 0.800. The molecule has 1 aromatic heterocycles. The van der Waals surface area contributed by atoms with Gasteiger partial charge in [-0.1, -0.05) is 18.2 Å². The van der Waals surface area contributed by atoms with Gasteiger partial charge in [0.1, 0.15) is 5.54 Å². The Balaban J connectivity index is 1.83. The molecular weight excluding hydrogens is 236 g/mol. The molecule has 1 aliphatic rings. The van der Waals surface area contributed by atoms with Crippen LogP contribution in [0.4, 0.5) is 0 Å². The van der Waals surface area contributed by atoms with E-state index in [4.69, 9.17) is 11.0 Å². The molecule has 92 valence electrons. The first kappa shape index (κ1) is 12.3. The summed E-state index contributed by atoms with van der Waals surface area (Å²) in [5, 5.41) is 21.2. The number of nitrogens with zero attached hydrogens (tertiary/aromatic N) is 5. The van der Waals surface area contributed by atoms with Crippen LogP contribution in [0.1, 0.15) is 25.7 Å². The largest absolute Gasteiger partial charge is 0.313 e. The van der Waals surface area contributed by atoms with Gasteiger partial charge in [-0.15, -0.1) is 5.10 Å². The molecule has 0 spiro atoms. The van der Waals surface area contributed by atoms with E-state index in [1.807, 2.05) is 7.05 Å². The molecule has 0 aliphatic heterocycles. The number of hydrogen-bond donors (Lipinski definition) is 1. The fourth-order valence-electron chi connectivity index (χ4n) is 2.29. The Morgan fingerprint density at radius 2 is 2.53 bits per heavy atom. The summed E-state index contributed by atoms with van der Waals surface area (Å²) in [6, 6.07) is 2.27. The third kappa shape index (κ3) is 2.58. The van der Waals surface area contributed by atoms with E-state index in [1.54, 1.807) is 16.4 Å². The van der Waals surface area contributed by atoms with E-state index in [0.29, 0.717) is 5.92 Å². The Morgan fingerprint density at radius 3 is 3.18 bits per heavy atom. The molecule has 2 N–H and O–H groups in total. The van der Waals surface area contributed by atoms with Gasteiger partial charge in [0.15, 0.2) is 0 Å². The van der Waals surface area contributed by atoms with Crippen molar-refractivity contribution in [3.63, 3.8) is 0 Å². The van der Waals surface area contributed by atoms with Crippen molar-refractivity contribution in [2.24, 2.45) is 18.7 Å². The normalized spacial score (nSPS) is 28.2. The van der Waals surface area contributed by atoms with Crippen LogP contribution in [-0.2, 0) is 7.05 Å². The van der Waals surface area contributed by atoms with Gasteiger partial charge in [-0.25, -0.2) is 4.68 Å². The molecule has 1 heterocycles. The molecular formula is C10H16N6S. The number of aromatic nitrogens is 4. The van der Waals surface area contributed by atoms with E-state index in [0.717, 1.165) is 36.6 Å². The van der Waals surface area contributed by atoms with Crippen LogP contribution in [-0.4, -0.2) is 31.5 Å². The Bertz CT molecular complexity index is 425. The minimum atomic E-state index is -0.612. The average Bonchev–Trinajstić information content (AvgIpc) is 2.88. The third-order valence-corrected chi connectivity index (χ3v) is 4.40. The highest BCUT2D eigenvalue weighted by atomic mass is 32.2. The first-order valence-electron chi connectivity index (χ1n) is 5.71. The van der Waals surface area contributed by atoms with Gasteiger partial charge in [-0.2, -0.15) is 5.26 Å². The maximum Gasteiger partial charge on any atom is 0.209 e. The average molecular weight is 252 g/mol. The maximum atomic E-state index is 9.10. The summed E-state index contributed by atoms with van der Waals surface area (Å²) in [5.41, 5.74) is 5.46. The number of nitriles is 1. The molecule has 1 aromatic rings. The first-order valence-corrected chi connectivity index (χ1v) is 6.69. The summed E-state index contributed by atoms with van der Waals surface area (Å²) in [6.45, 7) is 0. The number of tetrazole rings is 1. The standard InChI is InChI=1S/C10H16N6S/c1-16-9(13-14-15-16)17-6-4-8-3-2-5-10(8,12)7-11/h8H,2-6,12H2,1H3. The highest BCUT2D eigenvalue weighted by Crippen LogP contribution is 2.36. The number of thioether (sulfide) groups is 1. The van der Waals surface area contributed by atoms with Crippen molar-refractivity contribution in [1.82, 2.24) is 20.2 Å². The lowest BCUT2D eigenvalue weighted by Crippen LogP contribution is -2.41. The van der Waals surface area contributed by atoms with E-state index in [1.165, 1.54) is 0 Å². The van der Waals surface area contributed by atoms with Crippen molar-refractivity contribution in [2.75, 3.05) is 5.75 Å². The minimum Gasteiger partial charge on any atom is -0.313 e. The minimum absolute atomic E-state index is 0.307. The lowest BCUT2D eigenvalue weighted by molar-refractivity contribution is 0.389. The molecule has 1 aliphatic carbocycles. The maximum absolute atomic E-state index is 9.10. The van der Waals surface area contributed by atoms with Crippen LogP contribution in [0, 0.1) is 17.2 Å². The molecule has 17 heavy (non-hydrogen) atoms. The smallest absolute Gasteiger partial charge is 0.209 e. The van der Waals surface area contributed by atoms with E-state index >= 15 is 0 Å². The third-order valence-electron chi connectivity index (χ3n) is 3.36. The second kappa shape index (κ2) is 5.02. The van der Waals surface area contributed by atoms with Gasteiger partial charge >= 0.3 is 0 Å². The van der Waals surface area contributed by atoms with Gasteiger partial charge in [0.25, 0.3) is 0 Å². The summed E-state index contributed by atoms with van der Waals surface area (Å²) < 4.78 is 1.65. The molecule has 7 heteroatoms. The Morgan fingerprint density at radius 1 is 1.71 bits per heavy atom. The van der Waals surface area contributed by atoms with Gasteiger partial charge in [-0.3, -0.25) is 0 Å². The molecule has 6 nitrogen and oxygen atoms in total. The number of aryl methyl sites for hydroxylation is 1. The van der Waals surface area contributed by atoms with E-state index in [-0.39, 0.29) is 0 Å². The van der Waals surface area contributed by atoms with Crippen molar-refractivity contribution in [1.29, 1.82) is 5.26 Å². The van der Waals surface area contributed by atoms with Gasteiger partial charge in [0.2, 0.25) is 5.16 Å². The molecule has 0 bridgehead atoms. The quantitative estimate of drug-likeness (QED) is 0.793. The van der Waals surface area contributed by atoms with Crippen LogP contribution in [0.3, 0.4) is 0 Å². The van der Waals surface area contributed by atoms with Crippen LogP contribution in [0.25, 0.3) is 0 Å². The predicted octanol–water partition coefficient (Wildman–Crippen LogP) is 0.713. The summed E-state index contributed by atoms with van der Waals surface area (Å²) in [7, 11) is 1.82. The molecule has 2 atom stereocenters. The van der Waals surface area contributed by atoms with Crippen molar-refractivity contribution in [2.45, 2.75) is 36.4 Å². The Kier molecular flexibility index (Phi) is 3.64. The van der Waals surface area contributed by atoms with E-state index < -0.39 is 5.54 Å². The summed E-state index contributed by atoms with van der Waals surface area (Å²) >= 11 is 1.61. The number of rotatable bonds is 4. The Labute approximate surface area is 105 Å². The molecule has 0 radical (unpaired) electrons. The number of nitrogens with two attached hydrogens (primary N) is 1. The van der Waals surface area contributed by atoms with Crippen molar-refractivity contribution in [3.05, 3.63) is 0 Å². The van der Waals surface area contributed by atoms with E-state index in [2.05, 4.69) is 21.6 Å². The van der Waals surface area contributed by atoms with Gasteiger partial charge < -0.3 is 5.73 Å². The van der Waals surface area contributed by atoms with Gasteiger partial charge in [0.05, 0.1) is 6.07 Å². The zero-order valence-corrected chi connectivity index (χ0v) is 10.7. The fourth-order valence-corrected chi connectivity index (χ4v) is 3.19. The zero-order valence-electron chi connectivity index (χ0n) is 9.83. The summed E-state index contributed by atoms with van der Waals surface area (Å²) in [5.74, 6) is 1.21.